The first-order chi connectivity index (χ1) is 22.7. The normalized spacial score (nSPS) is 15.6. The van der Waals surface area contributed by atoms with E-state index in [1.165, 1.54) is 53.6 Å². The van der Waals surface area contributed by atoms with Gasteiger partial charge >= 0.3 is 0 Å². The summed E-state index contributed by atoms with van der Waals surface area (Å²) >= 11 is 7.21. The molecule has 4 aromatic heterocycles. The lowest BCUT2D eigenvalue weighted by Gasteiger charge is -2.35. The topological polar surface area (TPSA) is 18.5 Å². The van der Waals surface area contributed by atoms with Crippen molar-refractivity contribution in [3.05, 3.63) is 136 Å². The van der Waals surface area contributed by atoms with E-state index in [1.54, 1.807) is 34.0 Å². The molecule has 0 aliphatic carbocycles. The third-order valence-corrected chi connectivity index (χ3v) is 12.9. The highest BCUT2D eigenvalue weighted by atomic mass is 32.1. The highest BCUT2D eigenvalue weighted by Crippen LogP contribution is 2.48. The molecule has 5 heterocycles. The highest BCUT2D eigenvalue weighted by molar-refractivity contribution is 7.23. The van der Waals surface area contributed by atoms with Gasteiger partial charge in [-0.25, -0.2) is 0 Å². The van der Waals surface area contributed by atoms with Crippen molar-refractivity contribution in [2.24, 2.45) is 0 Å². The summed E-state index contributed by atoms with van der Waals surface area (Å²) in [7, 11) is 0. The fourth-order valence-electron chi connectivity index (χ4n) is 6.06. The monoisotopic (exact) mass is 672 g/mol. The number of rotatable bonds is 10. The SMILES string of the molecule is CCCCCOc1ccc(C2(c3ccc(-c4cccs4)s3)C=Cc3c(ccc4cc(-c5ccc(-c6cccs6)s5)ccc34)O2)cc1. The van der Waals surface area contributed by atoms with E-state index in [0.717, 1.165) is 40.5 Å². The summed E-state index contributed by atoms with van der Waals surface area (Å²) in [6.45, 7) is 2.96. The van der Waals surface area contributed by atoms with Gasteiger partial charge in [0.05, 0.1) is 11.5 Å². The van der Waals surface area contributed by atoms with Gasteiger partial charge in [0.25, 0.3) is 0 Å². The second-order valence-corrected chi connectivity index (χ2v) is 15.5. The van der Waals surface area contributed by atoms with E-state index in [2.05, 4.69) is 133 Å². The molecule has 6 heteroatoms. The molecule has 0 bridgehead atoms. The molecule has 46 heavy (non-hydrogen) atoms. The van der Waals surface area contributed by atoms with Crippen LogP contribution >= 0.6 is 45.3 Å². The first-order valence-electron chi connectivity index (χ1n) is 15.7. The molecule has 8 rings (SSSR count). The number of unbranched alkanes of at least 4 members (excludes halogenated alkanes) is 2. The molecule has 2 nitrogen and oxygen atoms in total. The van der Waals surface area contributed by atoms with E-state index in [9.17, 15) is 0 Å². The lowest BCUT2D eigenvalue weighted by atomic mass is 9.87. The second-order valence-electron chi connectivity index (χ2n) is 11.4. The number of thiophene rings is 4. The van der Waals surface area contributed by atoms with Gasteiger partial charge in [0.2, 0.25) is 0 Å². The molecule has 0 radical (unpaired) electrons. The van der Waals surface area contributed by atoms with Crippen LogP contribution in [-0.2, 0) is 5.60 Å². The molecule has 0 spiro atoms. The molecular weight excluding hydrogens is 641 g/mol. The van der Waals surface area contributed by atoms with Crippen molar-refractivity contribution in [3.63, 3.8) is 0 Å². The van der Waals surface area contributed by atoms with E-state index in [4.69, 9.17) is 9.47 Å². The fourth-order valence-corrected chi connectivity index (χ4v) is 9.87. The zero-order chi connectivity index (χ0) is 30.9. The van der Waals surface area contributed by atoms with Crippen LogP contribution in [0.15, 0.2) is 120 Å². The summed E-state index contributed by atoms with van der Waals surface area (Å²) in [5.74, 6) is 1.79. The summed E-state index contributed by atoms with van der Waals surface area (Å²) in [4.78, 5) is 7.60. The largest absolute Gasteiger partial charge is 0.494 e. The predicted octanol–water partition coefficient (Wildman–Crippen LogP) is 13.0. The first kappa shape index (κ1) is 29.5. The summed E-state index contributed by atoms with van der Waals surface area (Å²) in [5.41, 5.74) is 2.71. The lowest BCUT2D eigenvalue weighted by molar-refractivity contribution is 0.165. The van der Waals surface area contributed by atoms with Gasteiger partial charge in [0.1, 0.15) is 11.5 Å². The van der Waals surface area contributed by atoms with Crippen LogP contribution in [0.5, 0.6) is 11.5 Å². The van der Waals surface area contributed by atoms with Crippen molar-refractivity contribution >= 4 is 62.2 Å². The summed E-state index contributed by atoms with van der Waals surface area (Å²) in [6, 6.07) is 37.2. The van der Waals surface area contributed by atoms with Crippen molar-refractivity contribution in [1.82, 2.24) is 0 Å². The van der Waals surface area contributed by atoms with Crippen molar-refractivity contribution in [3.8, 4) is 41.4 Å². The molecule has 0 saturated carbocycles. The van der Waals surface area contributed by atoms with Crippen LogP contribution in [-0.4, -0.2) is 6.61 Å². The van der Waals surface area contributed by atoms with Gasteiger partial charge in [0, 0.05) is 35.5 Å². The second kappa shape index (κ2) is 12.7. The van der Waals surface area contributed by atoms with Crippen LogP contribution in [0.4, 0.5) is 0 Å². The van der Waals surface area contributed by atoms with Crippen LogP contribution in [0.2, 0.25) is 0 Å². The quantitative estimate of drug-likeness (QED) is 0.135. The van der Waals surface area contributed by atoms with Gasteiger partial charge in [-0.1, -0.05) is 62.2 Å². The molecule has 1 aliphatic rings. The standard InChI is InChI=1S/C40H32O2S4/c1-2-3-4-23-41-30-13-11-29(12-14-30)40(39-20-19-38(46-39)36-8-6-25-44-36)22-21-32-31-15-9-28(26-27(31)10-16-33(32)42-40)34-17-18-37(45-34)35-7-5-24-43-35/h5-22,24-26H,2-4,23H2,1H3. The van der Waals surface area contributed by atoms with Crippen LogP contribution in [0.1, 0.15) is 42.2 Å². The Morgan fingerprint density at radius 3 is 2.22 bits per heavy atom. The predicted molar refractivity (Wildman–Crippen MR) is 200 cm³/mol. The van der Waals surface area contributed by atoms with E-state index >= 15 is 0 Å². The molecule has 228 valence electrons. The van der Waals surface area contributed by atoms with E-state index in [-0.39, 0.29) is 0 Å². The van der Waals surface area contributed by atoms with Gasteiger partial charge in [-0.15, -0.1) is 45.3 Å². The molecule has 1 unspecified atom stereocenters. The summed E-state index contributed by atoms with van der Waals surface area (Å²) in [6.07, 6.45) is 7.96. The van der Waals surface area contributed by atoms with Gasteiger partial charge in [-0.3, -0.25) is 0 Å². The smallest absolute Gasteiger partial charge is 0.187 e. The Kier molecular flexibility index (Phi) is 8.13. The average molecular weight is 673 g/mol. The lowest BCUT2D eigenvalue weighted by Crippen LogP contribution is -2.33. The Hall–Kier alpha value is -3.94. The summed E-state index contributed by atoms with van der Waals surface area (Å²) in [5, 5.41) is 6.68. The molecule has 0 fully saturated rings. The van der Waals surface area contributed by atoms with Crippen molar-refractivity contribution in [1.29, 1.82) is 0 Å². The zero-order valence-electron chi connectivity index (χ0n) is 25.4. The Labute approximate surface area is 285 Å². The van der Waals surface area contributed by atoms with Gasteiger partial charge in [0.15, 0.2) is 5.60 Å². The average Bonchev–Trinajstić information content (AvgIpc) is 3.93. The van der Waals surface area contributed by atoms with Crippen LogP contribution in [0.25, 0.3) is 46.8 Å². The van der Waals surface area contributed by atoms with Crippen molar-refractivity contribution < 1.29 is 9.47 Å². The number of hydrogen-bond acceptors (Lipinski definition) is 6. The Morgan fingerprint density at radius 2 is 1.46 bits per heavy atom. The van der Waals surface area contributed by atoms with Crippen LogP contribution < -0.4 is 9.47 Å². The Morgan fingerprint density at radius 1 is 0.696 bits per heavy atom. The molecular formula is C40H32O2S4. The van der Waals surface area contributed by atoms with E-state index in [0.29, 0.717) is 0 Å². The first-order valence-corrected chi connectivity index (χ1v) is 19.1. The number of hydrogen-bond donors (Lipinski definition) is 0. The van der Waals surface area contributed by atoms with E-state index < -0.39 is 5.60 Å². The highest BCUT2D eigenvalue weighted by Gasteiger charge is 2.39. The Bertz CT molecular complexity index is 2110. The molecule has 1 aliphatic heterocycles. The Balaban J connectivity index is 1.15. The minimum absolute atomic E-state index is 0.739. The molecule has 0 saturated heterocycles. The van der Waals surface area contributed by atoms with Gasteiger partial charge < -0.3 is 9.47 Å². The maximum atomic E-state index is 7.13. The maximum absolute atomic E-state index is 7.13. The van der Waals surface area contributed by atoms with Gasteiger partial charge in [-0.05, 0) is 106 Å². The number of ether oxygens (including phenoxy) is 2. The number of benzene rings is 3. The third-order valence-electron chi connectivity index (χ3n) is 8.47. The van der Waals surface area contributed by atoms with Crippen molar-refractivity contribution in [2.75, 3.05) is 6.61 Å². The zero-order valence-corrected chi connectivity index (χ0v) is 28.7. The van der Waals surface area contributed by atoms with Crippen LogP contribution in [0.3, 0.4) is 0 Å². The minimum atomic E-state index is -0.739. The fraction of sp³-hybridized carbons (Fsp3) is 0.150. The van der Waals surface area contributed by atoms with E-state index in [1.807, 2.05) is 11.3 Å². The molecule has 3 aromatic carbocycles. The third kappa shape index (κ3) is 5.54. The number of fused-ring (bicyclic) bond motifs is 3. The molecule has 7 aromatic rings. The molecule has 1 atom stereocenters. The molecule has 0 N–H and O–H groups in total. The van der Waals surface area contributed by atoms with Crippen LogP contribution in [0, 0.1) is 0 Å². The maximum Gasteiger partial charge on any atom is 0.187 e. The summed E-state index contributed by atoms with van der Waals surface area (Å²) < 4.78 is 13.2. The molecule has 0 amide bonds. The minimum Gasteiger partial charge on any atom is -0.494 e. The van der Waals surface area contributed by atoms with Crippen molar-refractivity contribution in [2.45, 2.75) is 31.8 Å². The van der Waals surface area contributed by atoms with Gasteiger partial charge in [-0.2, -0.15) is 0 Å².